The van der Waals surface area contributed by atoms with E-state index in [4.69, 9.17) is 9.47 Å². The number of carbonyl (C=O) groups excluding carboxylic acids is 3. The van der Waals surface area contributed by atoms with Crippen molar-refractivity contribution in [3.8, 4) is 5.75 Å². The zero-order chi connectivity index (χ0) is 29.0. The normalized spacial score (nSPS) is 30.9. The van der Waals surface area contributed by atoms with E-state index in [1.807, 2.05) is 31.2 Å². The van der Waals surface area contributed by atoms with Gasteiger partial charge in [0.2, 0.25) is 17.7 Å². The molecule has 4 fully saturated rings. The first-order valence-electron chi connectivity index (χ1n) is 15.1. The van der Waals surface area contributed by atoms with E-state index in [0.29, 0.717) is 51.4 Å². The van der Waals surface area contributed by atoms with E-state index in [1.165, 1.54) is 0 Å². The van der Waals surface area contributed by atoms with Crippen LogP contribution in [0, 0.1) is 17.8 Å². The predicted molar refractivity (Wildman–Crippen MR) is 158 cm³/mol. The maximum atomic E-state index is 14.2. The molecular weight excluding hydrogens is 544 g/mol. The van der Waals surface area contributed by atoms with E-state index < -0.39 is 22.6 Å². The van der Waals surface area contributed by atoms with Crippen molar-refractivity contribution >= 4 is 35.2 Å². The van der Waals surface area contributed by atoms with Gasteiger partial charge in [-0.2, -0.15) is 0 Å². The SMILES string of the molecule is CCOc1ccc(NC(=O)[C@@H]2[C@H]3C(=O)N(CCCCCO)C(C(=O)NCCN4CCOCC4)C34S[C@@H]2CC4C)cc1. The highest BCUT2D eigenvalue weighted by atomic mass is 32.2. The monoisotopic (exact) mass is 588 g/mol. The minimum atomic E-state index is -0.636. The highest BCUT2D eigenvalue weighted by molar-refractivity contribution is 8.02. The third-order valence-electron chi connectivity index (χ3n) is 9.12. The number of amides is 3. The average Bonchev–Trinajstić information content (AvgIpc) is 3.56. The summed E-state index contributed by atoms with van der Waals surface area (Å²) in [5.74, 6) is -0.553. The fourth-order valence-corrected chi connectivity index (χ4v) is 9.64. The van der Waals surface area contributed by atoms with Gasteiger partial charge >= 0.3 is 0 Å². The van der Waals surface area contributed by atoms with Crippen molar-refractivity contribution in [2.45, 2.75) is 55.6 Å². The number of nitrogens with one attached hydrogen (secondary N) is 2. The van der Waals surface area contributed by atoms with Crippen LogP contribution < -0.4 is 15.4 Å². The van der Waals surface area contributed by atoms with E-state index in [-0.39, 0.29) is 35.5 Å². The van der Waals surface area contributed by atoms with E-state index in [9.17, 15) is 19.5 Å². The van der Waals surface area contributed by atoms with Crippen LogP contribution in [0.5, 0.6) is 5.75 Å². The summed E-state index contributed by atoms with van der Waals surface area (Å²) < 4.78 is 10.3. The van der Waals surface area contributed by atoms with Gasteiger partial charge < -0.3 is 30.1 Å². The summed E-state index contributed by atoms with van der Waals surface area (Å²) >= 11 is 1.69. The minimum absolute atomic E-state index is 0.0122. The first kappa shape index (κ1) is 30.1. The molecule has 6 atom stereocenters. The largest absolute Gasteiger partial charge is 0.494 e. The zero-order valence-corrected chi connectivity index (χ0v) is 25.0. The number of carbonyl (C=O) groups is 3. The van der Waals surface area contributed by atoms with Crippen LogP contribution >= 0.6 is 11.8 Å². The van der Waals surface area contributed by atoms with Gasteiger partial charge in [-0.3, -0.25) is 19.3 Å². The van der Waals surface area contributed by atoms with Crippen LogP contribution in [0.1, 0.15) is 39.5 Å². The topological polar surface area (TPSA) is 120 Å². The standard InChI is InChI=1S/C30H44N4O6S/c1-3-40-22-9-7-21(8-10-22)32-27(36)24-23-19-20(2)30(41-23)25(24)29(38)34(12-5-4-6-16-35)26(30)28(37)31-11-13-33-14-17-39-18-15-33/h7-10,20,23-26,35H,3-6,11-19H2,1-2H3,(H,31,37)(H,32,36)/t20?,23-,24+,25+,26?,30?/m1/s1. The molecule has 3 N–H and O–H groups in total. The summed E-state index contributed by atoms with van der Waals surface area (Å²) in [5, 5.41) is 15.4. The number of hydrogen-bond donors (Lipinski definition) is 3. The van der Waals surface area contributed by atoms with Crippen molar-refractivity contribution in [2.24, 2.45) is 17.8 Å². The molecule has 226 valence electrons. The molecule has 1 spiro atoms. The number of unbranched alkanes of at least 4 members (excludes halogenated alkanes) is 2. The molecular formula is C30H44N4O6S. The van der Waals surface area contributed by atoms with Crippen molar-refractivity contribution in [2.75, 3.05) is 64.5 Å². The number of hydrogen-bond acceptors (Lipinski definition) is 8. The number of morpholine rings is 1. The molecule has 4 aliphatic rings. The van der Waals surface area contributed by atoms with Gasteiger partial charge in [-0.25, -0.2) is 0 Å². The molecule has 3 unspecified atom stereocenters. The molecule has 1 aromatic carbocycles. The molecule has 0 aromatic heterocycles. The summed E-state index contributed by atoms with van der Waals surface area (Å²) in [7, 11) is 0. The molecule has 1 aromatic rings. The van der Waals surface area contributed by atoms with E-state index >= 15 is 0 Å². The number of benzene rings is 1. The summed E-state index contributed by atoms with van der Waals surface area (Å²) in [6.45, 7) is 9.52. The molecule has 0 radical (unpaired) electrons. The molecule has 5 rings (SSSR count). The van der Waals surface area contributed by atoms with Gasteiger partial charge in [0.05, 0.1) is 36.4 Å². The molecule has 0 aliphatic carbocycles. The Morgan fingerprint density at radius 2 is 1.88 bits per heavy atom. The van der Waals surface area contributed by atoms with Crippen LogP contribution in [-0.2, 0) is 19.1 Å². The van der Waals surface area contributed by atoms with Gasteiger partial charge in [0.25, 0.3) is 0 Å². The van der Waals surface area contributed by atoms with Crippen LogP contribution in [0.15, 0.2) is 24.3 Å². The second-order valence-electron chi connectivity index (χ2n) is 11.6. The number of aliphatic hydroxyl groups is 1. The molecule has 3 amide bonds. The number of rotatable bonds is 13. The lowest BCUT2D eigenvalue weighted by atomic mass is 9.66. The Kier molecular flexibility index (Phi) is 9.78. The Morgan fingerprint density at radius 3 is 2.59 bits per heavy atom. The molecule has 0 saturated carbocycles. The summed E-state index contributed by atoms with van der Waals surface area (Å²) in [4.78, 5) is 45.9. The van der Waals surface area contributed by atoms with Gasteiger partial charge in [-0.1, -0.05) is 6.92 Å². The van der Waals surface area contributed by atoms with E-state index in [2.05, 4.69) is 22.5 Å². The Balaban J connectivity index is 1.34. The zero-order valence-electron chi connectivity index (χ0n) is 24.2. The Bertz CT molecular complexity index is 1080. The third-order valence-corrected chi connectivity index (χ3v) is 11.2. The highest BCUT2D eigenvalue weighted by Gasteiger charge is 2.75. The molecule has 41 heavy (non-hydrogen) atoms. The smallest absolute Gasteiger partial charge is 0.244 e. The van der Waals surface area contributed by atoms with Crippen molar-refractivity contribution < 1.29 is 29.0 Å². The molecule has 10 nitrogen and oxygen atoms in total. The highest BCUT2D eigenvalue weighted by Crippen LogP contribution is 2.68. The number of likely N-dealkylation sites (tertiary alicyclic amines) is 1. The fourth-order valence-electron chi connectivity index (χ4n) is 7.22. The van der Waals surface area contributed by atoms with Gasteiger partial charge in [0.15, 0.2) is 0 Å². The number of ether oxygens (including phenoxy) is 2. The number of aliphatic hydroxyl groups excluding tert-OH is 1. The maximum absolute atomic E-state index is 14.2. The minimum Gasteiger partial charge on any atom is -0.494 e. The molecule has 4 heterocycles. The lowest BCUT2D eigenvalue weighted by Crippen LogP contribution is -2.57. The second kappa shape index (κ2) is 13.3. The lowest BCUT2D eigenvalue weighted by molar-refractivity contribution is -0.139. The first-order valence-corrected chi connectivity index (χ1v) is 16.0. The molecule has 2 bridgehead atoms. The van der Waals surface area contributed by atoms with Crippen LogP contribution in [0.2, 0.25) is 0 Å². The van der Waals surface area contributed by atoms with Crippen LogP contribution in [-0.4, -0.2) is 108 Å². The molecule has 4 saturated heterocycles. The third kappa shape index (κ3) is 5.96. The fraction of sp³-hybridized carbons (Fsp3) is 0.700. The summed E-state index contributed by atoms with van der Waals surface area (Å²) in [6.07, 6.45) is 2.94. The summed E-state index contributed by atoms with van der Waals surface area (Å²) in [6, 6.07) is 6.66. The second-order valence-corrected chi connectivity index (χ2v) is 13.1. The van der Waals surface area contributed by atoms with Gasteiger partial charge in [-0.15, -0.1) is 11.8 Å². The number of nitrogens with zero attached hydrogens (tertiary/aromatic N) is 2. The van der Waals surface area contributed by atoms with Gasteiger partial charge in [0.1, 0.15) is 11.8 Å². The lowest BCUT2D eigenvalue weighted by Gasteiger charge is -2.38. The van der Waals surface area contributed by atoms with E-state index in [1.54, 1.807) is 16.7 Å². The first-order chi connectivity index (χ1) is 19.9. The number of fused-ring (bicyclic) bond motifs is 1. The van der Waals surface area contributed by atoms with Gasteiger partial charge in [-0.05, 0) is 62.8 Å². The Hall–Kier alpha value is -2.34. The maximum Gasteiger partial charge on any atom is 0.244 e. The van der Waals surface area contributed by atoms with Crippen molar-refractivity contribution in [3.05, 3.63) is 24.3 Å². The van der Waals surface area contributed by atoms with Crippen molar-refractivity contribution in [1.29, 1.82) is 0 Å². The van der Waals surface area contributed by atoms with Crippen molar-refractivity contribution in [3.63, 3.8) is 0 Å². The molecule has 11 heteroatoms. The Morgan fingerprint density at radius 1 is 1.12 bits per heavy atom. The van der Waals surface area contributed by atoms with Crippen LogP contribution in [0.4, 0.5) is 5.69 Å². The summed E-state index contributed by atoms with van der Waals surface area (Å²) in [5.41, 5.74) is 0.664. The predicted octanol–water partition coefficient (Wildman–Crippen LogP) is 1.97. The van der Waals surface area contributed by atoms with Gasteiger partial charge in [0, 0.05) is 50.3 Å². The Labute approximate surface area is 246 Å². The van der Waals surface area contributed by atoms with Crippen LogP contribution in [0.25, 0.3) is 0 Å². The average molecular weight is 589 g/mol. The van der Waals surface area contributed by atoms with Crippen molar-refractivity contribution in [1.82, 2.24) is 15.1 Å². The quantitative estimate of drug-likeness (QED) is 0.299. The van der Waals surface area contributed by atoms with Crippen LogP contribution in [0.3, 0.4) is 0 Å². The number of thioether (sulfide) groups is 1. The molecule has 4 aliphatic heterocycles. The van der Waals surface area contributed by atoms with E-state index in [0.717, 1.165) is 38.2 Å². The number of anilines is 1.